The summed E-state index contributed by atoms with van der Waals surface area (Å²) in [6, 6.07) is 3.00. The Labute approximate surface area is 110 Å². The number of nitrogens with one attached hydrogen (secondary N) is 1. The minimum atomic E-state index is -1.28. The highest BCUT2D eigenvalue weighted by molar-refractivity contribution is 5.97. The second-order valence-electron chi connectivity index (χ2n) is 3.91. The first-order valence-electron chi connectivity index (χ1n) is 5.57. The highest BCUT2D eigenvalue weighted by Gasteiger charge is 2.15. The first kappa shape index (κ1) is 14.9. The Hall–Kier alpha value is -2.12. The van der Waals surface area contributed by atoms with Crippen molar-refractivity contribution in [2.75, 3.05) is 19.0 Å². The molecule has 7 heteroatoms. The highest BCUT2D eigenvalue weighted by Crippen LogP contribution is 2.21. The molecule has 0 aliphatic heterocycles. The molecular formula is C12H16N2O5. The number of aromatic hydroxyl groups is 1. The topological polar surface area (TPSA) is 122 Å². The van der Waals surface area contributed by atoms with E-state index in [1.165, 1.54) is 25.3 Å². The molecule has 1 aromatic rings. The van der Waals surface area contributed by atoms with Crippen LogP contribution in [0, 0.1) is 0 Å². The predicted molar refractivity (Wildman–Crippen MR) is 68.2 cm³/mol. The van der Waals surface area contributed by atoms with Gasteiger partial charge in [0.1, 0.15) is 11.3 Å². The number of phenols is 1. The van der Waals surface area contributed by atoms with Crippen molar-refractivity contribution >= 4 is 17.6 Å². The third-order valence-corrected chi connectivity index (χ3v) is 2.46. The molecule has 0 aliphatic carbocycles. The normalized spacial score (nSPS) is 11.9. The van der Waals surface area contributed by atoms with Gasteiger partial charge < -0.3 is 26.0 Å². The van der Waals surface area contributed by atoms with E-state index in [1.54, 1.807) is 0 Å². The van der Waals surface area contributed by atoms with E-state index < -0.39 is 17.9 Å². The summed E-state index contributed by atoms with van der Waals surface area (Å²) in [4.78, 5) is 22.5. The maximum atomic E-state index is 11.7. The van der Waals surface area contributed by atoms with Crippen molar-refractivity contribution in [3.05, 3.63) is 23.8 Å². The molecule has 5 N–H and O–H groups in total. The molecule has 7 nitrogen and oxygen atoms in total. The molecule has 0 aromatic heterocycles. The number of amides is 1. The van der Waals surface area contributed by atoms with Crippen molar-refractivity contribution in [3.8, 4) is 5.75 Å². The second kappa shape index (κ2) is 6.72. The molecule has 0 saturated heterocycles. The first-order chi connectivity index (χ1) is 8.95. The molecule has 0 aliphatic rings. The van der Waals surface area contributed by atoms with E-state index in [0.29, 0.717) is 13.0 Å². The monoisotopic (exact) mass is 268 g/mol. The number of hydrogen-bond donors (Lipinski definition) is 4. The van der Waals surface area contributed by atoms with Crippen LogP contribution >= 0.6 is 0 Å². The van der Waals surface area contributed by atoms with E-state index >= 15 is 0 Å². The van der Waals surface area contributed by atoms with E-state index in [4.69, 9.17) is 15.6 Å². The van der Waals surface area contributed by atoms with Gasteiger partial charge in [0.05, 0.1) is 6.04 Å². The standard InChI is InChI=1S/C12H16N2O5/c1-19-5-4-9(13)11(16)14-7-2-3-10(15)8(6-7)12(17)18/h2-3,6,9,15H,4-5,13H2,1H3,(H,14,16)(H,17,18). The SMILES string of the molecule is COCCC(N)C(=O)Nc1ccc(O)c(C(=O)O)c1. The molecule has 0 saturated carbocycles. The summed E-state index contributed by atoms with van der Waals surface area (Å²) in [7, 11) is 1.50. The Morgan fingerprint density at radius 2 is 2.16 bits per heavy atom. The number of benzene rings is 1. The van der Waals surface area contributed by atoms with Gasteiger partial charge in [-0.25, -0.2) is 4.79 Å². The van der Waals surface area contributed by atoms with Gasteiger partial charge in [0, 0.05) is 19.4 Å². The van der Waals surface area contributed by atoms with Gasteiger partial charge in [0.25, 0.3) is 0 Å². The van der Waals surface area contributed by atoms with Crippen LogP contribution in [0.2, 0.25) is 0 Å². The fourth-order valence-electron chi connectivity index (χ4n) is 1.40. The minimum Gasteiger partial charge on any atom is -0.507 e. The van der Waals surface area contributed by atoms with E-state index in [9.17, 15) is 14.7 Å². The average molecular weight is 268 g/mol. The summed E-state index contributed by atoms with van der Waals surface area (Å²) >= 11 is 0. The predicted octanol–water partition coefficient (Wildman–Crippen LogP) is 0.393. The molecule has 19 heavy (non-hydrogen) atoms. The van der Waals surface area contributed by atoms with Crippen LogP contribution in [0.15, 0.2) is 18.2 Å². The summed E-state index contributed by atoms with van der Waals surface area (Å²) < 4.78 is 4.81. The number of carbonyl (C=O) groups excluding carboxylic acids is 1. The number of carboxylic acid groups (broad SMARTS) is 1. The van der Waals surface area contributed by atoms with E-state index in [-0.39, 0.29) is 17.0 Å². The van der Waals surface area contributed by atoms with Gasteiger partial charge in [-0.3, -0.25) is 4.79 Å². The van der Waals surface area contributed by atoms with Crippen LogP contribution in [0.5, 0.6) is 5.75 Å². The summed E-state index contributed by atoms with van der Waals surface area (Å²) in [5, 5.41) is 20.6. The Balaban J connectivity index is 2.74. The van der Waals surface area contributed by atoms with Crippen molar-refractivity contribution < 1.29 is 24.5 Å². The van der Waals surface area contributed by atoms with Crippen molar-refractivity contribution in [2.45, 2.75) is 12.5 Å². The average Bonchev–Trinajstić information content (AvgIpc) is 2.37. The van der Waals surface area contributed by atoms with E-state index in [1.807, 2.05) is 0 Å². The molecule has 1 rings (SSSR count). The molecule has 0 fully saturated rings. The van der Waals surface area contributed by atoms with Gasteiger partial charge in [-0.1, -0.05) is 0 Å². The number of carbonyl (C=O) groups is 2. The van der Waals surface area contributed by atoms with Crippen LogP contribution in [-0.2, 0) is 9.53 Å². The van der Waals surface area contributed by atoms with Crippen molar-refractivity contribution in [1.82, 2.24) is 0 Å². The molecule has 0 heterocycles. The number of hydrogen-bond acceptors (Lipinski definition) is 5. The van der Waals surface area contributed by atoms with Gasteiger partial charge >= 0.3 is 5.97 Å². The lowest BCUT2D eigenvalue weighted by Gasteiger charge is -2.12. The maximum absolute atomic E-state index is 11.7. The molecule has 1 unspecified atom stereocenters. The molecule has 0 radical (unpaired) electrons. The molecule has 1 amide bonds. The first-order valence-corrected chi connectivity index (χ1v) is 5.57. The van der Waals surface area contributed by atoms with Crippen molar-refractivity contribution in [1.29, 1.82) is 0 Å². The molecule has 0 spiro atoms. The van der Waals surface area contributed by atoms with E-state index in [0.717, 1.165) is 0 Å². The second-order valence-corrected chi connectivity index (χ2v) is 3.91. The van der Waals surface area contributed by atoms with Gasteiger partial charge in [-0.15, -0.1) is 0 Å². The van der Waals surface area contributed by atoms with Crippen molar-refractivity contribution in [3.63, 3.8) is 0 Å². The van der Waals surface area contributed by atoms with Gasteiger partial charge in [-0.05, 0) is 24.6 Å². The van der Waals surface area contributed by atoms with Gasteiger partial charge in [0.2, 0.25) is 5.91 Å². The zero-order valence-corrected chi connectivity index (χ0v) is 10.4. The summed E-state index contributed by atoms with van der Waals surface area (Å²) in [5.74, 6) is -2.09. The third-order valence-electron chi connectivity index (χ3n) is 2.46. The fraction of sp³-hybridized carbons (Fsp3) is 0.333. The van der Waals surface area contributed by atoms with Gasteiger partial charge in [-0.2, -0.15) is 0 Å². The Bertz CT molecular complexity index is 475. The molecular weight excluding hydrogens is 252 g/mol. The third kappa shape index (κ3) is 4.23. The van der Waals surface area contributed by atoms with Crippen molar-refractivity contribution in [2.24, 2.45) is 5.73 Å². The molecule has 1 atom stereocenters. The maximum Gasteiger partial charge on any atom is 0.339 e. The molecule has 104 valence electrons. The lowest BCUT2D eigenvalue weighted by atomic mass is 10.1. The number of rotatable bonds is 6. The largest absolute Gasteiger partial charge is 0.507 e. The number of ether oxygens (including phenoxy) is 1. The Morgan fingerprint density at radius 3 is 2.74 bits per heavy atom. The van der Waals surface area contributed by atoms with Gasteiger partial charge in [0.15, 0.2) is 0 Å². The quantitative estimate of drug-likeness (QED) is 0.554. The molecule has 1 aromatic carbocycles. The van der Waals surface area contributed by atoms with Crippen LogP contribution in [0.1, 0.15) is 16.8 Å². The lowest BCUT2D eigenvalue weighted by molar-refractivity contribution is -0.117. The Kier molecular flexibility index (Phi) is 5.28. The fourth-order valence-corrected chi connectivity index (χ4v) is 1.40. The number of carboxylic acids is 1. The van der Waals surface area contributed by atoms with Crippen LogP contribution in [0.25, 0.3) is 0 Å². The zero-order chi connectivity index (χ0) is 14.4. The van der Waals surface area contributed by atoms with Crippen LogP contribution in [-0.4, -0.2) is 41.8 Å². The summed E-state index contributed by atoms with van der Waals surface area (Å²) in [5.41, 5.74) is 5.59. The highest BCUT2D eigenvalue weighted by atomic mass is 16.5. The number of anilines is 1. The zero-order valence-electron chi connectivity index (χ0n) is 10.4. The van der Waals surface area contributed by atoms with Crippen LogP contribution in [0.3, 0.4) is 0 Å². The Morgan fingerprint density at radius 1 is 1.47 bits per heavy atom. The smallest absolute Gasteiger partial charge is 0.339 e. The summed E-state index contributed by atoms with van der Waals surface area (Å²) in [6.45, 7) is 0.352. The lowest BCUT2D eigenvalue weighted by Crippen LogP contribution is -2.36. The number of nitrogens with two attached hydrogens (primary N) is 1. The van der Waals surface area contributed by atoms with E-state index in [2.05, 4.69) is 5.32 Å². The number of aromatic carboxylic acids is 1. The molecule has 0 bridgehead atoms. The van der Waals surface area contributed by atoms with Crippen LogP contribution < -0.4 is 11.1 Å². The summed E-state index contributed by atoms with van der Waals surface area (Å²) in [6.07, 6.45) is 0.353. The van der Waals surface area contributed by atoms with Crippen LogP contribution in [0.4, 0.5) is 5.69 Å². The minimum absolute atomic E-state index is 0.257. The number of methoxy groups -OCH3 is 1.